The van der Waals surface area contributed by atoms with E-state index in [1.54, 1.807) is 7.11 Å². The summed E-state index contributed by atoms with van der Waals surface area (Å²) in [6.07, 6.45) is 0.333. The topological polar surface area (TPSA) is 96.9 Å². The number of methoxy groups -OCH3 is 2. The zero-order valence-corrected chi connectivity index (χ0v) is 11.4. The SMILES string of the molecule is COCC1(C(=O)NCC(OC)C(=O)O)CCNCC1. The number of aliphatic carboxylic acids is 1. The molecule has 1 atom stereocenters. The van der Waals surface area contributed by atoms with Gasteiger partial charge in [-0.05, 0) is 25.9 Å². The molecule has 0 bridgehead atoms. The van der Waals surface area contributed by atoms with Crippen molar-refractivity contribution in [3.63, 3.8) is 0 Å². The van der Waals surface area contributed by atoms with Crippen molar-refractivity contribution in [3.05, 3.63) is 0 Å². The molecule has 1 fully saturated rings. The van der Waals surface area contributed by atoms with Crippen molar-refractivity contribution in [3.8, 4) is 0 Å². The molecule has 7 heteroatoms. The van der Waals surface area contributed by atoms with Gasteiger partial charge in [0.2, 0.25) is 5.91 Å². The minimum absolute atomic E-state index is 0.0381. The Kier molecular flexibility index (Phi) is 6.20. The van der Waals surface area contributed by atoms with E-state index < -0.39 is 17.5 Å². The highest BCUT2D eigenvalue weighted by Crippen LogP contribution is 2.29. The molecule has 1 amide bonds. The Hall–Kier alpha value is -1.18. The lowest BCUT2D eigenvalue weighted by molar-refractivity contribution is -0.149. The van der Waals surface area contributed by atoms with Gasteiger partial charge in [0.1, 0.15) is 0 Å². The van der Waals surface area contributed by atoms with E-state index in [0.29, 0.717) is 19.4 Å². The van der Waals surface area contributed by atoms with Crippen LogP contribution in [0.2, 0.25) is 0 Å². The number of carbonyl (C=O) groups is 2. The average molecular weight is 274 g/mol. The van der Waals surface area contributed by atoms with Crippen molar-refractivity contribution in [1.82, 2.24) is 10.6 Å². The van der Waals surface area contributed by atoms with Crippen molar-refractivity contribution < 1.29 is 24.2 Å². The van der Waals surface area contributed by atoms with Gasteiger partial charge in [0.15, 0.2) is 6.10 Å². The maximum atomic E-state index is 12.3. The van der Waals surface area contributed by atoms with E-state index in [1.165, 1.54) is 7.11 Å². The predicted octanol–water partition coefficient (Wildman–Crippen LogP) is -0.782. The van der Waals surface area contributed by atoms with Gasteiger partial charge in [-0.15, -0.1) is 0 Å². The fourth-order valence-corrected chi connectivity index (χ4v) is 2.26. The highest BCUT2D eigenvalue weighted by molar-refractivity contribution is 5.83. The number of ether oxygens (including phenoxy) is 2. The zero-order valence-electron chi connectivity index (χ0n) is 11.4. The summed E-state index contributed by atoms with van der Waals surface area (Å²) >= 11 is 0. The third-order valence-corrected chi connectivity index (χ3v) is 3.47. The second-order valence-corrected chi connectivity index (χ2v) is 4.74. The molecular weight excluding hydrogens is 252 g/mol. The van der Waals surface area contributed by atoms with Gasteiger partial charge in [-0.2, -0.15) is 0 Å². The van der Waals surface area contributed by atoms with E-state index in [0.717, 1.165) is 13.1 Å². The molecule has 1 aliphatic rings. The molecule has 0 saturated carbocycles. The van der Waals surface area contributed by atoms with Crippen LogP contribution in [0.15, 0.2) is 0 Å². The molecule has 0 aromatic carbocycles. The number of piperidine rings is 1. The Labute approximate surface area is 112 Å². The van der Waals surface area contributed by atoms with Crippen molar-refractivity contribution in [2.75, 3.05) is 40.5 Å². The highest BCUT2D eigenvalue weighted by atomic mass is 16.5. The minimum atomic E-state index is -1.09. The first-order chi connectivity index (χ1) is 9.05. The largest absolute Gasteiger partial charge is 0.479 e. The van der Waals surface area contributed by atoms with Crippen LogP contribution in [-0.2, 0) is 19.1 Å². The highest BCUT2D eigenvalue weighted by Gasteiger charge is 2.39. The molecule has 7 nitrogen and oxygen atoms in total. The molecule has 1 rings (SSSR count). The van der Waals surface area contributed by atoms with Gasteiger partial charge < -0.3 is 25.2 Å². The smallest absolute Gasteiger partial charge is 0.334 e. The lowest BCUT2D eigenvalue weighted by Gasteiger charge is -2.35. The van der Waals surface area contributed by atoms with E-state index in [-0.39, 0.29) is 12.5 Å². The standard InChI is InChI=1S/C12H22N2O5/c1-18-8-12(3-5-13-6-4-12)11(17)14-7-9(19-2)10(15)16/h9,13H,3-8H2,1-2H3,(H,14,17)(H,15,16). The Morgan fingerprint density at radius 3 is 2.47 bits per heavy atom. The number of carboxylic acids is 1. The van der Waals surface area contributed by atoms with E-state index in [1.807, 2.05) is 0 Å². The van der Waals surface area contributed by atoms with Crippen LogP contribution in [0.1, 0.15) is 12.8 Å². The van der Waals surface area contributed by atoms with Gasteiger partial charge in [0.05, 0.1) is 18.6 Å². The van der Waals surface area contributed by atoms with Crippen LogP contribution in [0.25, 0.3) is 0 Å². The quantitative estimate of drug-likeness (QED) is 0.563. The van der Waals surface area contributed by atoms with Gasteiger partial charge in [0, 0.05) is 14.2 Å². The summed E-state index contributed by atoms with van der Waals surface area (Å²) in [5.74, 6) is -1.26. The molecule has 19 heavy (non-hydrogen) atoms. The first kappa shape index (κ1) is 15.9. The predicted molar refractivity (Wildman–Crippen MR) is 67.9 cm³/mol. The number of hydrogen-bond donors (Lipinski definition) is 3. The lowest BCUT2D eigenvalue weighted by atomic mass is 9.78. The summed E-state index contributed by atoms with van der Waals surface area (Å²) in [7, 11) is 2.87. The van der Waals surface area contributed by atoms with Crippen molar-refractivity contribution in [2.24, 2.45) is 5.41 Å². The van der Waals surface area contributed by atoms with Crippen LogP contribution in [0.5, 0.6) is 0 Å². The second-order valence-electron chi connectivity index (χ2n) is 4.74. The summed E-state index contributed by atoms with van der Waals surface area (Å²) in [5, 5.41) is 14.7. The molecule has 0 aromatic rings. The van der Waals surface area contributed by atoms with Crippen LogP contribution in [-0.4, -0.2) is 63.5 Å². The number of nitrogens with one attached hydrogen (secondary N) is 2. The van der Waals surface area contributed by atoms with Crippen molar-refractivity contribution >= 4 is 11.9 Å². The molecule has 1 saturated heterocycles. The van der Waals surface area contributed by atoms with Crippen LogP contribution < -0.4 is 10.6 Å². The molecule has 0 aromatic heterocycles. The molecule has 0 spiro atoms. The van der Waals surface area contributed by atoms with Crippen LogP contribution in [0.4, 0.5) is 0 Å². The average Bonchev–Trinajstić information content (AvgIpc) is 2.40. The summed E-state index contributed by atoms with van der Waals surface area (Å²) < 4.78 is 9.93. The second kappa shape index (κ2) is 7.42. The Bertz CT molecular complexity index is 310. The molecule has 1 aliphatic heterocycles. The minimum Gasteiger partial charge on any atom is -0.479 e. The molecule has 110 valence electrons. The maximum absolute atomic E-state index is 12.3. The van der Waals surface area contributed by atoms with Crippen molar-refractivity contribution in [2.45, 2.75) is 18.9 Å². The van der Waals surface area contributed by atoms with Crippen molar-refractivity contribution in [1.29, 1.82) is 0 Å². The van der Waals surface area contributed by atoms with Gasteiger partial charge >= 0.3 is 5.97 Å². The molecular formula is C12H22N2O5. The Balaban J connectivity index is 2.59. The first-order valence-corrected chi connectivity index (χ1v) is 6.29. The number of hydrogen-bond acceptors (Lipinski definition) is 5. The number of carboxylic acid groups (broad SMARTS) is 1. The zero-order chi connectivity index (χ0) is 14.3. The molecule has 1 heterocycles. The Morgan fingerprint density at radius 1 is 1.37 bits per heavy atom. The first-order valence-electron chi connectivity index (χ1n) is 6.29. The van der Waals surface area contributed by atoms with Crippen LogP contribution in [0, 0.1) is 5.41 Å². The molecule has 3 N–H and O–H groups in total. The third-order valence-electron chi connectivity index (χ3n) is 3.47. The fraction of sp³-hybridized carbons (Fsp3) is 0.833. The molecule has 0 radical (unpaired) electrons. The molecule has 0 aliphatic carbocycles. The summed E-state index contributed by atoms with van der Waals surface area (Å²) in [4.78, 5) is 23.1. The monoisotopic (exact) mass is 274 g/mol. The summed E-state index contributed by atoms with van der Waals surface area (Å²) in [6.45, 7) is 1.81. The lowest BCUT2D eigenvalue weighted by Crippen LogP contribution is -2.52. The molecule has 1 unspecified atom stereocenters. The van der Waals surface area contributed by atoms with E-state index in [4.69, 9.17) is 14.6 Å². The van der Waals surface area contributed by atoms with Gasteiger partial charge in [-0.1, -0.05) is 0 Å². The van der Waals surface area contributed by atoms with Crippen LogP contribution >= 0.6 is 0 Å². The third kappa shape index (κ3) is 4.15. The Morgan fingerprint density at radius 2 is 2.00 bits per heavy atom. The number of amides is 1. The number of rotatable bonds is 7. The van der Waals surface area contributed by atoms with Gasteiger partial charge in [0.25, 0.3) is 0 Å². The van der Waals surface area contributed by atoms with E-state index >= 15 is 0 Å². The number of carbonyl (C=O) groups excluding carboxylic acids is 1. The summed E-state index contributed by atoms with van der Waals surface area (Å²) in [5.41, 5.74) is -0.573. The fourth-order valence-electron chi connectivity index (χ4n) is 2.26. The van der Waals surface area contributed by atoms with Crippen LogP contribution in [0.3, 0.4) is 0 Å². The van der Waals surface area contributed by atoms with E-state index in [2.05, 4.69) is 10.6 Å². The van der Waals surface area contributed by atoms with Gasteiger partial charge in [-0.3, -0.25) is 4.79 Å². The van der Waals surface area contributed by atoms with E-state index in [9.17, 15) is 9.59 Å². The normalized spacial score (nSPS) is 19.7. The van der Waals surface area contributed by atoms with Gasteiger partial charge in [-0.25, -0.2) is 4.79 Å². The summed E-state index contributed by atoms with van der Waals surface area (Å²) in [6, 6.07) is 0. The maximum Gasteiger partial charge on any atom is 0.334 e.